The van der Waals surface area contributed by atoms with Crippen molar-refractivity contribution in [3.63, 3.8) is 0 Å². The Morgan fingerprint density at radius 1 is 0.818 bits per heavy atom. The summed E-state index contributed by atoms with van der Waals surface area (Å²) in [6.07, 6.45) is 1.70. The van der Waals surface area contributed by atoms with Crippen LogP contribution in [0, 0.1) is 0 Å². The Morgan fingerprint density at radius 3 is 1.82 bits per heavy atom. The van der Waals surface area contributed by atoms with Crippen molar-refractivity contribution in [2.24, 2.45) is 0 Å². The zero-order valence-corrected chi connectivity index (χ0v) is 12.6. The lowest BCUT2D eigenvalue weighted by Gasteiger charge is -2.06. The van der Waals surface area contributed by atoms with Gasteiger partial charge in [0.1, 0.15) is 0 Å². The van der Waals surface area contributed by atoms with Crippen molar-refractivity contribution in [1.82, 2.24) is 0 Å². The molecule has 0 fully saturated rings. The van der Waals surface area contributed by atoms with Gasteiger partial charge >= 0.3 is 0 Å². The quantitative estimate of drug-likeness (QED) is 0.494. The zero-order valence-electron chi connectivity index (χ0n) is 11.8. The van der Waals surface area contributed by atoms with E-state index >= 15 is 0 Å². The van der Waals surface area contributed by atoms with E-state index in [1.54, 1.807) is 54.8 Å². The van der Waals surface area contributed by atoms with Gasteiger partial charge in [-0.25, -0.2) is 0 Å². The molecule has 3 rings (SSSR count). The summed E-state index contributed by atoms with van der Waals surface area (Å²) in [7, 11) is 0. The van der Waals surface area contributed by atoms with E-state index in [2.05, 4.69) is 0 Å². The first-order valence-corrected chi connectivity index (χ1v) is 7.94. The Hall–Kier alpha value is -2.46. The first kappa shape index (κ1) is 14.5. The van der Waals surface area contributed by atoms with Gasteiger partial charge in [0.15, 0.2) is 17.3 Å². The van der Waals surface area contributed by atoms with Gasteiger partial charge in [-0.1, -0.05) is 54.6 Å². The van der Waals surface area contributed by atoms with E-state index in [4.69, 9.17) is 0 Å². The smallest absolute Gasteiger partial charge is 0.200 e. The van der Waals surface area contributed by atoms with Crippen LogP contribution in [0.2, 0.25) is 0 Å². The van der Waals surface area contributed by atoms with Crippen molar-refractivity contribution >= 4 is 29.1 Å². The number of carbonyl (C=O) groups excluding carboxylic acids is 3. The van der Waals surface area contributed by atoms with Crippen molar-refractivity contribution < 1.29 is 14.4 Å². The molecule has 108 valence electrons. The molecule has 0 atom stereocenters. The molecule has 2 aromatic rings. The van der Waals surface area contributed by atoms with Gasteiger partial charge in [-0.2, -0.15) is 0 Å². The molecule has 1 aliphatic rings. The Morgan fingerprint density at radius 2 is 1.32 bits per heavy atom. The van der Waals surface area contributed by atoms with E-state index in [0.717, 1.165) is 11.8 Å². The third kappa shape index (κ3) is 2.22. The van der Waals surface area contributed by atoms with Crippen molar-refractivity contribution in [1.29, 1.82) is 0 Å². The first-order valence-electron chi connectivity index (χ1n) is 6.71. The van der Waals surface area contributed by atoms with E-state index in [9.17, 15) is 14.4 Å². The van der Waals surface area contributed by atoms with E-state index in [1.807, 2.05) is 6.07 Å². The minimum absolute atomic E-state index is 0.0115. The van der Waals surface area contributed by atoms with E-state index in [-0.39, 0.29) is 27.8 Å². The van der Waals surface area contributed by atoms with E-state index in [0.29, 0.717) is 16.7 Å². The summed E-state index contributed by atoms with van der Waals surface area (Å²) in [6, 6.07) is 15.3. The molecule has 0 amide bonds. The summed E-state index contributed by atoms with van der Waals surface area (Å²) in [5.41, 5.74) is 1.20. The van der Waals surface area contributed by atoms with Crippen LogP contribution >= 0.6 is 11.8 Å². The second-order valence-electron chi connectivity index (χ2n) is 4.81. The number of fused-ring (bicyclic) bond motifs is 1. The van der Waals surface area contributed by atoms with Crippen molar-refractivity contribution in [2.45, 2.75) is 0 Å². The highest BCUT2D eigenvalue weighted by molar-refractivity contribution is 8.03. The average Bonchev–Trinajstić information content (AvgIpc) is 2.82. The fraction of sp³-hybridized carbons (Fsp3) is 0.0556. The molecule has 22 heavy (non-hydrogen) atoms. The number of rotatable bonds is 3. The van der Waals surface area contributed by atoms with Gasteiger partial charge in [-0.3, -0.25) is 14.4 Å². The number of benzene rings is 2. The first-order chi connectivity index (χ1) is 10.6. The van der Waals surface area contributed by atoms with Crippen LogP contribution in [0.4, 0.5) is 0 Å². The molecule has 0 bridgehead atoms. The van der Waals surface area contributed by atoms with Gasteiger partial charge in [-0.15, -0.1) is 11.8 Å². The maximum Gasteiger partial charge on any atom is 0.200 e. The molecule has 0 spiro atoms. The number of carbonyl (C=O) groups is 3. The van der Waals surface area contributed by atoms with Gasteiger partial charge < -0.3 is 0 Å². The van der Waals surface area contributed by atoms with Crippen LogP contribution in [0.15, 0.2) is 65.1 Å². The fourth-order valence-corrected chi connectivity index (χ4v) is 3.18. The predicted octanol–water partition coefficient (Wildman–Crippen LogP) is 3.57. The van der Waals surface area contributed by atoms with Gasteiger partial charge in [0.2, 0.25) is 0 Å². The maximum absolute atomic E-state index is 12.6. The van der Waals surface area contributed by atoms with Crippen molar-refractivity contribution in [3.05, 3.63) is 81.8 Å². The largest absolute Gasteiger partial charge is 0.288 e. The number of allylic oxidation sites excluding steroid dienone is 2. The molecular weight excluding hydrogens is 296 g/mol. The molecule has 0 unspecified atom stereocenters. The molecule has 1 aliphatic carbocycles. The molecule has 0 aromatic heterocycles. The average molecular weight is 308 g/mol. The Bertz CT molecular complexity index is 782. The van der Waals surface area contributed by atoms with Gasteiger partial charge in [0, 0.05) is 16.7 Å². The van der Waals surface area contributed by atoms with E-state index in [1.165, 1.54) is 0 Å². The minimum atomic E-state index is -0.366. The van der Waals surface area contributed by atoms with Crippen LogP contribution in [-0.2, 0) is 0 Å². The van der Waals surface area contributed by atoms with Crippen LogP contribution < -0.4 is 0 Å². The highest BCUT2D eigenvalue weighted by atomic mass is 32.2. The number of hydrogen-bond acceptors (Lipinski definition) is 4. The highest BCUT2D eigenvalue weighted by Crippen LogP contribution is 2.33. The predicted molar refractivity (Wildman–Crippen MR) is 86.4 cm³/mol. The zero-order chi connectivity index (χ0) is 15.7. The fourth-order valence-electron chi connectivity index (χ4n) is 2.49. The van der Waals surface area contributed by atoms with Crippen LogP contribution in [0.25, 0.3) is 0 Å². The lowest BCUT2D eigenvalue weighted by atomic mass is 10.0. The summed E-state index contributed by atoms with van der Waals surface area (Å²) < 4.78 is 0. The Labute approximate surface area is 132 Å². The molecular formula is C18H12O3S. The summed E-state index contributed by atoms with van der Waals surface area (Å²) in [5.74, 6) is -1.03. The summed E-state index contributed by atoms with van der Waals surface area (Å²) in [4.78, 5) is 37.8. The molecule has 2 aromatic carbocycles. The molecule has 4 heteroatoms. The van der Waals surface area contributed by atoms with Crippen LogP contribution in [0.5, 0.6) is 0 Å². The second kappa shape index (κ2) is 5.73. The van der Waals surface area contributed by atoms with Crippen LogP contribution in [-0.4, -0.2) is 23.6 Å². The Kier molecular flexibility index (Phi) is 3.77. The van der Waals surface area contributed by atoms with Crippen molar-refractivity contribution in [2.75, 3.05) is 6.26 Å². The molecule has 0 heterocycles. The normalized spacial score (nSPS) is 13.2. The standard InChI is InChI=1S/C18H12O3S/c1-22-18(15(19)11-7-3-2-4-8-11)14-16(20)12-9-5-6-10-13(12)17(14)21/h2-10H,1H3. The number of thioether (sulfide) groups is 1. The molecule has 0 saturated carbocycles. The monoisotopic (exact) mass is 308 g/mol. The molecule has 0 N–H and O–H groups in total. The van der Waals surface area contributed by atoms with Gasteiger partial charge in [0.25, 0.3) is 0 Å². The minimum Gasteiger partial charge on any atom is -0.288 e. The number of ketones is 3. The van der Waals surface area contributed by atoms with Crippen molar-refractivity contribution in [3.8, 4) is 0 Å². The summed E-state index contributed by atoms with van der Waals surface area (Å²) in [5, 5.41) is 0. The SMILES string of the molecule is CSC(C(=O)c1ccccc1)=C1C(=O)c2ccccc2C1=O. The van der Waals surface area contributed by atoms with E-state index < -0.39 is 0 Å². The number of Topliss-reactive ketones (excluding diaryl/α,β-unsaturated/α-hetero) is 3. The molecule has 3 nitrogen and oxygen atoms in total. The molecule has 0 saturated heterocycles. The highest BCUT2D eigenvalue weighted by Gasteiger charge is 2.36. The lowest BCUT2D eigenvalue weighted by molar-refractivity contribution is 0.0969. The summed E-state index contributed by atoms with van der Waals surface area (Å²) in [6.45, 7) is 0. The van der Waals surface area contributed by atoms with Gasteiger partial charge in [-0.05, 0) is 6.26 Å². The topological polar surface area (TPSA) is 51.2 Å². The van der Waals surface area contributed by atoms with Gasteiger partial charge in [0.05, 0.1) is 10.5 Å². The van der Waals surface area contributed by atoms with Crippen LogP contribution in [0.3, 0.4) is 0 Å². The summed E-state index contributed by atoms with van der Waals surface area (Å²) >= 11 is 1.14. The lowest BCUT2D eigenvalue weighted by Crippen LogP contribution is -2.11. The molecule has 0 radical (unpaired) electrons. The number of hydrogen-bond donors (Lipinski definition) is 0. The van der Waals surface area contributed by atoms with Crippen LogP contribution in [0.1, 0.15) is 31.1 Å². The second-order valence-corrected chi connectivity index (χ2v) is 5.62. The third-order valence-corrected chi connectivity index (χ3v) is 4.34. The maximum atomic E-state index is 12.6. The molecule has 0 aliphatic heterocycles. The third-order valence-electron chi connectivity index (χ3n) is 3.54. The Balaban J connectivity index is 2.14.